The standard InChI is InChI=1S/C23H16FN4O/c24-19-13-17(22(29)16-5-2-1-3-6-16)9-10-18(19)23-27-21(15-7-4-8-15)20-14-26-11-12-28(20,23)25/h1-14H,25H2/q+1. The van der Waals surface area contributed by atoms with Crippen molar-refractivity contribution in [2.45, 2.75) is 0 Å². The van der Waals surface area contributed by atoms with E-state index >= 15 is 4.39 Å². The molecule has 140 valence electrons. The number of nitrogens with zero attached hydrogens (tertiary/aromatic N) is 3. The molecule has 2 heterocycles. The summed E-state index contributed by atoms with van der Waals surface area (Å²) in [6.07, 6.45) is 10.6. The molecular formula is C23H16FN4O+. The number of hydrogen-bond acceptors (Lipinski definition) is 4. The molecule has 2 aromatic carbocycles. The molecule has 0 radical (unpaired) electrons. The maximum Gasteiger partial charge on any atom is 0.268 e. The topological polar surface area (TPSA) is 67.8 Å². The van der Waals surface area contributed by atoms with Gasteiger partial charge in [0.25, 0.3) is 5.84 Å². The normalized spacial score (nSPS) is 21.6. The predicted octanol–water partition coefficient (Wildman–Crippen LogP) is 3.77. The van der Waals surface area contributed by atoms with Crippen molar-refractivity contribution in [1.29, 1.82) is 0 Å². The first-order valence-corrected chi connectivity index (χ1v) is 9.09. The summed E-state index contributed by atoms with van der Waals surface area (Å²) in [4.78, 5) is 21.4. The molecule has 0 aromatic heterocycles. The Morgan fingerprint density at radius 1 is 1.07 bits per heavy atom. The largest absolute Gasteiger partial charge is 0.289 e. The fraction of sp³-hybridized carbons (Fsp3) is 0. The maximum absolute atomic E-state index is 15.1. The number of carbonyl (C=O) groups excluding carboxylic acids is 1. The number of ketones is 1. The van der Waals surface area contributed by atoms with Gasteiger partial charge in [0.1, 0.15) is 17.7 Å². The van der Waals surface area contributed by atoms with Crippen molar-refractivity contribution in [1.82, 2.24) is 0 Å². The summed E-state index contributed by atoms with van der Waals surface area (Å²) in [5, 5.41) is 0. The highest BCUT2D eigenvalue weighted by atomic mass is 19.1. The average molecular weight is 383 g/mol. The lowest BCUT2D eigenvalue weighted by Crippen LogP contribution is -2.53. The van der Waals surface area contributed by atoms with Crippen molar-refractivity contribution >= 4 is 17.8 Å². The number of halogens is 1. The molecule has 6 heteroatoms. The number of aliphatic imine (C=N–C) groups is 2. The van der Waals surface area contributed by atoms with Gasteiger partial charge in [0, 0.05) is 16.7 Å². The first kappa shape index (κ1) is 17.4. The van der Waals surface area contributed by atoms with Gasteiger partial charge < -0.3 is 0 Å². The molecule has 0 saturated carbocycles. The van der Waals surface area contributed by atoms with Gasteiger partial charge in [-0.25, -0.2) is 4.39 Å². The van der Waals surface area contributed by atoms with Gasteiger partial charge >= 0.3 is 0 Å². The van der Waals surface area contributed by atoms with E-state index in [1.54, 1.807) is 55.0 Å². The van der Waals surface area contributed by atoms with Crippen LogP contribution in [0.5, 0.6) is 0 Å². The quantitative estimate of drug-likeness (QED) is 0.496. The van der Waals surface area contributed by atoms with Gasteiger partial charge in [-0.15, -0.1) is 4.59 Å². The Balaban J connectivity index is 1.56. The molecule has 2 aromatic rings. The van der Waals surface area contributed by atoms with Crippen LogP contribution in [0.1, 0.15) is 21.5 Å². The molecule has 1 atom stereocenters. The molecule has 0 bridgehead atoms. The Bertz CT molecular complexity index is 1230. The molecule has 3 aliphatic rings. The Morgan fingerprint density at radius 3 is 2.55 bits per heavy atom. The number of benzene rings is 2. The fourth-order valence-electron chi connectivity index (χ4n) is 3.52. The molecule has 0 spiro atoms. The number of hydrogen-bond donors (Lipinski definition) is 1. The molecule has 2 aliphatic heterocycles. The van der Waals surface area contributed by atoms with E-state index in [4.69, 9.17) is 5.84 Å². The first-order chi connectivity index (χ1) is 14.1. The number of quaternary nitrogens is 1. The van der Waals surface area contributed by atoms with E-state index in [2.05, 4.69) is 9.98 Å². The van der Waals surface area contributed by atoms with Crippen LogP contribution in [-0.4, -0.2) is 22.4 Å². The lowest BCUT2D eigenvalue weighted by Gasteiger charge is -2.26. The van der Waals surface area contributed by atoms with Crippen molar-refractivity contribution in [3.05, 3.63) is 119 Å². The van der Waals surface area contributed by atoms with E-state index < -0.39 is 5.82 Å². The SMILES string of the molecule is N[N+]12C=CN=CC1=C(C1=CC=C1)N=C2c1ccc(C(=O)c2ccccc2)cc1F. The van der Waals surface area contributed by atoms with Crippen molar-refractivity contribution < 1.29 is 13.8 Å². The summed E-state index contributed by atoms with van der Waals surface area (Å²) in [6.45, 7) is 0. The zero-order chi connectivity index (χ0) is 20.0. The molecule has 1 unspecified atom stereocenters. The number of amidine groups is 1. The molecule has 5 rings (SSSR count). The van der Waals surface area contributed by atoms with Gasteiger partial charge in [-0.05, 0) is 18.2 Å². The smallest absolute Gasteiger partial charge is 0.268 e. The van der Waals surface area contributed by atoms with Crippen LogP contribution in [0.25, 0.3) is 0 Å². The second-order valence-corrected chi connectivity index (χ2v) is 6.89. The molecule has 0 amide bonds. The van der Waals surface area contributed by atoms with Crippen LogP contribution in [0.2, 0.25) is 0 Å². The van der Waals surface area contributed by atoms with Gasteiger partial charge in [0.2, 0.25) is 5.70 Å². The minimum Gasteiger partial charge on any atom is -0.289 e. The van der Waals surface area contributed by atoms with Crippen molar-refractivity contribution in [2.24, 2.45) is 15.8 Å². The van der Waals surface area contributed by atoms with Crippen LogP contribution in [-0.2, 0) is 0 Å². The van der Waals surface area contributed by atoms with Crippen LogP contribution >= 0.6 is 0 Å². The zero-order valence-corrected chi connectivity index (χ0v) is 15.3. The first-order valence-electron chi connectivity index (χ1n) is 9.09. The maximum atomic E-state index is 15.1. The molecule has 0 fully saturated rings. The summed E-state index contributed by atoms with van der Waals surface area (Å²) < 4.78 is 14.9. The summed E-state index contributed by atoms with van der Waals surface area (Å²) in [5.41, 5.74) is 3.28. The van der Waals surface area contributed by atoms with E-state index in [0.717, 1.165) is 5.57 Å². The zero-order valence-electron chi connectivity index (χ0n) is 15.3. The molecular weight excluding hydrogens is 367 g/mol. The number of nitrogens with two attached hydrogens (primary N) is 1. The molecule has 2 N–H and O–H groups in total. The average Bonchev–Trinajstić information content (AvgIpc) is 2.99. The highest BCUT2D eigenvalue weighted by molar-refractivity contribution is 6.09. The lowest BCUT2D eigenvalue weighted by atomic mass is 10.0. The monoisotopic (exact) mass is 383 g/mol. The third-order valence-electron chi connectivity index (χ3n) is 5.13. The number of allylic oxidation sites excluding steroid dienone is 4. The summed E-state index contributed by atoms with van der Waals surface area (Å²) >= 11 is 0. The van der Waals surface area contributed by atoms with E-state index in [9.17, 15) is 4.79 Å². The third kappa shape index (κ3) is 2.66. The summed E-state index contributed by atoms with van der Waals surface area (Å²) in [6, 6.07) is 13.2. The highest BCUT2D eigenvalue weighted by Gasteiger charge is 2.45. The van der Waals surface area contributed by atoms with Gasteiger partial charge in [0.05, 0.1) is 18.0 Å². The number of fused-ring (bicyclic) bond motifs is 1. The van der Waals surface area contributed by atoms with E-state index in [1.165, 1.54) is 6.07 Å². The second-order valence-electron chi connectivity index (χ2n) is 6.89. The Kier molecular flexibility index (Phi) is 3.84. The molecule has 0 saturated heterocycles. The van der Waals surface area contributed by atoms with Crippen LogP contribution in [0.3, 0.4) is 0 Å². The van der Waals surface area contributed by atoms with Crippen molar-refractivity contribution in [3.8, 4) is 0 Å². The number of carbonyl (C=O) groups is 1. The highest BCUT2D eigenvalue weighted by Crippen LogP contribution is 2.36. The van der Waals surface area contributed by atoms with Gasteiger partial charge in [0.15, 0.2) is 5.78 Å². The van der Waals surface area contributed by atoms with Crippen molar-refractivity contribution in [3.63, 3.8) is 0 Å². The minimum absolute atomic E-state index is 0.240. The van der Waals surface area contributed by atoms with Crippen LogP contribution in [0.15, 0.2) is 106 Å². The van der Waals surface area contributed by atoms with Gasteiger partial charge in [-0.1, -0.05) is 48.6 Å². The Hall–Kier alpha value is -3.74. The van der Waals surface area contributed by atoms with Gasteiger partial charge in [-0.3, -0.25) is 9.79 Å². The number of rotatable bonds is 4. The van der Waals surface area contributed by atoms with Crippen LogP contribution in [0, 0.1) is 5.82 Å². The molecule has 5 nitrogen and oxygen atoms in total. The van der Waals surface area contributed by atoms with E-state index in [0.29, 0.717) is 22.8 Å². The lowest BCUT2D eigenvalue weighted by molar-refractivity contribution is -0.750. The second kappa shape index (κ2) is 6.41. The fourth-order valence-corrected chi connectivity index (χ4v) is 3.52. The summed E-state index contributed by atoms with van der Waals surface area (Å²) in [5.74, 6) is 6.14. The van der Waals surface area contributed by atoms with Crippen LogP contribution in [0.4, 0.5) is 4.39 Å². The Morgan fingerprint density at radius 2 is 1.86 bits per heavy atom. The van der Waals surface area contributed by atoms with E-state index in [-0.39, 0.29) is 21.5 Å². The van der Waals surface area contributed by atoms with Crippen molar-refractivity contribution in [2.75, 3.05) is 0 Å². The van der Waals surface area contributed by atoms with Crippen LogP contribution < -0.4 is 5.84 Å². The third-order valence-corrected chi connectivity index (χ3v) is 5.13. The van der Waals surface area contributed by atoms with Gasteiger partial charge in [-0.2, -0.15) is 10.8 Å². The molecule has 1 aliphatic carbocycles. The summed E-state index contributed by atoms with van der Waals surface area (Å²) in [7, 11) is 0. The predicted molar refractivity (Wildman–Crippen MR) is 109 cm³/mol. The minimum atomic E-state index is -0.553. The Labute approximate surface area is 166 Å². The molecule has 29 heavy (non-hydrogen) atoms. The van der Waals surface area contributed by atoms with E-state index in [1.807, 2.05) is 24.3 Å².